The molecule has 108 valence electrons. The van der Waals surface area contributed by atoms with Crippen LogP contribution < -0.4 is 15.8 Å². The third kappa shape index (κ3) is 6.65. The van der Waals surface area contributed by atoms with Crippen LogP contribution in [0.2, 0.25) is 0 Å². The van der Waals surface area contributed by atoms with Crippen molar-refractivity contribution in [3.63, 3.8) is 0 Å². The first-order valence-corrected chi connectivity index (χ1v) is 5.75. The third-order valence-electron chi connectivity index (χ3n) is 1.75. The molecule has 0 aliphatic rings. The van der Waals surface area contributed by atoms with Crippen LogP contribution in [0.15, 0.2) is 0 Å². The summed E-state index contributed by atoms with van der Waals surface area (Å²) in [4.78, 5) is 11.6. The van der Waals surface area contributed by atoms with Gasteiger partial charge in [0.25, 0.3) is 6.43 Å². The molecule has 7 nitrogen and oxygen atoms in total. The van der Waals surface area contributed by atoms with E-state index in [1.807, 2.05) is 13.8 Å². The summed E-state index contributed by atoms with van der Waals surface area (Å²) >= 11 is 0. The molecular weight excluding hydrogens is 260 g/mol. The fourth-order valence-corrected chi connectivity index (χ4v) is 1.12. The predicted octanol–water partition coefficient (Wildman–Crippen LogP) is 0.935. The van der Waals surface area contributed by atoms with Gasteiger partial charge in [-0.1, -0.05) is 0 Å². The molecule has 0 unspecified atom stereocenters. The van der Waals surface area contributed by atoms with Crippen molar-refractivity contribution in [3.8, 4) is 6.01 Å². The molecule has 0 atom stereocenters. The molecule has 0 amide bonds. The van der Waals surface area contributed by atoms with Gasteiger partial charge in [0.05, 0.1) is 12.7 Å². The highest BCUT2D eigenvalue weighted by molar-refractivity contribution is 5.32. The van der Waals surface area contributed by atoms with Gasteiger partial charge in [-0.3, -0.25) is 0 Å². The summed E-state index contributed by atoms with van der Waals surface area (Å²) in [5.74, 6) is 0.227. The van der Waals surface area contributed by atoms with E-state index in [4.69, 9.17) is 15.2 Å². The summed E-state index contributed by atoms with van der Waals surface area (Å²) < 4.78 is 33.6. The van der Waals surface area contributed by atoms with Crippen molar-refractivity contribution < 1.29 is 18.3 Å². The maximum absolute atomic E-state index is 11.8. The van der Waals surface area contributed by atoms with Gasteiger partial charge in [-0.25, -0.2) is 8.78 Å². The van der Waals surface area contributed by atoms with Gasteiger partial charge in [-0.15, -0.1) is 0 Å². The molecule has 0 aliphatic carbocycles. The third-order valence-corrected chi connectivity index (χ3v) is 1.75. The minimum atomic E-state index is -2.47. The monoisotopic (exact) mass is 277 g/mol. The van der Waals surface area contributed by atoms with Crippen LogP contribution in [0.4, 0.5) is 20.7 Å². The molecule has 1 heterocycles. The van der Waals surface area contributed by atoms with Crippen molar-refractivity contribution in [1.82, 2.24) is 15.0 Å². The number of ether oxygens (including phenoxy) is 2. The molecule has 9 heteroatoms. The van der Waals surface area contributed by atoms with Crippen LogP contribution in [0.25, 0.3) is 0 Å². The highest BCUT2D eigenvalue weighted by atomic mass is 19.3. The van der Waals surface area contributed by atoms with Gasteiger partial charge < -0.3 is 20.5 Å². The van der Waals surface area contributed by atoms with E-state index in [1.54, 1.807) is 0 Å². The lowest BCUT2D eigenvalue weighted by Gasteiger charge is -2.10. The summed E-state index contributed by atoms with van der Waals surface area (Å²) in [7, 11) is 0. The molecule has 0 aliphatic heterocycles. The number of halogens is 2. The molecule has 1 aromatic heterocycles. The summed E-state index contributed by atoms with van der Waals surface area (Å²) in [6, 6.07) is 0.110. The van der Waals surface area contributed by atoms with Crippen LogP contribution in [-0.2, 0) is 4.74 Å². The predicted molar refractivity (Wildman–Crippen MR) is 65.3 cm³/mol. The fraction of sp³-hybridized carbons (Fsp3) is 0.700. The minimum absolute atomic E-state index is 0.0154. The lowest BCUT2D eigenvalue weighted by Crippen LogP contribution is -2.16. The Labute approximate surface area is 109 Å². The zero-order valence-electron chi connectivity index (χ0n) is 10.8. The van der Waals surface area contributed by atoms with Gasteiger partial charge in [0.2, 0.25) is 11.9 Å². The summed E-state index contributed by atoms with van der Waals surface area (Å²) in [6.07, 6.45) is -2.57. The first-order chi connectivity index (χ1) is 8.97. The molecule has 19 heavy (non-hydrogen) atoms. The van der Waals surface area contributed by atoms with Crippen molar-refractivity contribution >= 4 is 11.9 Å². The van der Waals surface area contributed by atoms with E-state index in [2.05, 4.69) is 20.3 Å². The van der Waals surface area contributed by atoms with Crippen LogP contribution in [0, 0.1) is 0 Å². The second kappa shape index (κ2) is 7.62. The maximum atomic E-state index is 11.8. The lowest BCUT2D eigenvalue weighted by molar-refractivity contribution is 0.0214. The number of aromatic nitrogens is 3. The highest BCUT2D eigenvalue weighted by Gasteiger charge is 2.07. The Balaban J connectivity index is 2.42. The number of nitrogens with two attached hydrogens (primary N) is 1. The summed E-state index contributed by atoms with van der Waals surface area (Å²) in [6.45, 7) is 3.44. The highest BCUT2D eigenvalue weighted by Crippen LogP contribution is 2.10. The Morgan fingerprint density at radius 2 is 2.00 bits per heavy atom. The van der Waals surface area contributed by atoms with Crippen LogP contribution in [-0.4, -0.2) is 47.2 Å². The second-order valence-electron chi connectivity index (χ2n) is 3.86. The van der Waals surface area contributed by atoms with Crippen molar-refractivity contribution in [1.29, 1.82) is 0 Å². The largest absolute Gasteiger partial charge is 0.461 e. The molecule has 0 radical (unpaired) electrons. The molecule has 0 aromatic carbocycles. The zero-order valence-corrected chi connectivity index (χ0v) is 10.8. The number of hydrogen-bond acceptors (Lipinski definition) is 7. The number of nitrogens with zero attached hydrogens (tertiary/aromatic N) is 3. The fourth-order valence-electron chi connectivity index (χ4n) is 1.12. The van der Waals surface area contributed by atoms with Gasteiger partial charge in [0.15, 0.2) is 0 Å². The van der Waals surface area contributed by atoms with E-state index in [1.165, 1.54) is 0 Å². The second-order valence-corrected chi connectivity index (χ2v) is 3.86. The SMILES string of the molecule is CC(C)Oc1nc(N)nc(NCCOCC(F)F)n1. The smallest absolute Gasteiger partial charge is 0.323 e. The van der Waals surface area contributed by atoms with Crippen molar-refractivity contribution in [2.75, 3.05) is 30.8 Å². The molecule has 0 spiro atoms. The summed E-state index contributed by atoms with van der Waals surface area (Å²) in [5, 5.41) is 2.78. The molecule has 1 rings (SSSR count). The van der Waals surface area contributed by atoms with Crippen molar-refractivity contribution in [3.05, 3.63) is 0 Å². The normalized spacial score (nSPS) is 11.1. The van der Waals surface area contributed by atoms with Crippen molar-refractivity contribution in [2.45, 2.75) is 26.4 Å². The Kier molecular flexibility index (Phi) is 6.13. The lowest BCUT2D eigenvalue weighted by atomic mass is 10.5. The number of alkyl halides is 2. The summed E-state index contributed by atoms with van der Waals surface area (Å²) in [5.41, 5.74) is 5.49. The maximum Gasteiger partial charge on any atom is 0.323 e. The molecular formula is C10H17F2N5O2. The van der Waals surface area contributed by atoms with E-state index in [-0.39, 0.29) is 37.2 Å². The van der Waals surface area contributed by atoms with E-state index < -0.39 is 13.0 Å². The van der Waals surface area contributed by atoms with Crippen LogP contribution in [0.3, 0.4) is 0 Å². The first-order valence-electron chi connectivity index (χ1n) is 5.75. The Morgan fingerprint density at radius 3 is 2.63 bits per heavy atom. The van der Waals surface area contributed by atoms with Crippen LogP contribution in [0.5, 0.6) is 6.01 Å². The molecule has 1 aromatic rings. The topological polar surface area (TPSA) is 95.2 Å². The van der Waals surface area contributed by atoms with E-state index in [9.17, 15) is 8.78 Å². The van der Waals surface area contributed by atoms with Crippen LogP contribution in [0.1, 0.15) is 13.8 Å². The van der Waals surface area contributed by atoms with Crippen molar-refractivity contribution in [2.24, 2.45) is 0 Å². The number of nitrogen functional groups attached to an aromatic ring is 1. The van der Waals surface area contributed by atoms with E-state index >= 15 is 0 Å². The zero-order chi connectivity index (χ0) is 14.3. The molecule has 0 saturated heterocycles. The van der Waals surface area contributed by atoms with Gasteiger partial charge in [-0.05, 0) is 13.8 Å². The molecule has 0 bridgehead atoms. The Bertz CT molecular complexity index is 392. The number of hydrogen-bond donors (Lipinski definition) is 2. The first kappa shape index (κ1) is 15.3. The average Bonchev–Trinajstić information content (AvgIpc) is 2.26. The van der Waals surface area contributed by atoms with Gasteiger partial charge >= 0.3 is 6.01 Å². The minimum Gasteiger partial charge on any atom is -0.461 e. The molecule has 0 fully saturated rings. The van der Waals surface area contributed by atoms with Gasteiger partial charge in [-0.2, -0.15) is 15.0 Å². The van der Waals surface area contributed by atoms with Crippen LogP contribution >= 0.6 is 0 Å². The molecule has 3 N–H and O–H groups in total. The number of rotatable bonds is 8. The Morgan fingerprint density at radius 1 is 1.26 bits per heavy atom. The van der Waals surface area contributed by atoms with Gasteiger partial charge in [0, 0.05) is 6.54 Å². The number of nitrogens with one attached hydrogen (secondary N) is 1. The van der Waals surface area contributed by atoms with Gasteiger partial charge in [0.1, 0.15) is 6.61 Å². The van der Waals surface area contributed by atoms with E-state index in [0.29, 0.717) is 0 Å². The van der Waals surface area contributed by atoms with E-state index in [0.717, 1.165) is 0 Å². The number of anilines is 2. The quantitative estimate of drug-likeness (QED) is 0.682. The molecule has 0 saturated carbocycles. The average molecular weight is 277 g/mol. The Hall–Kier alpha value is -1.77. The standard InChI is InChI=1S/C10H17F2N5O2/c1-6(2)19-10-16-8(13)15-9(17-10)14-3-4-18-5-7(11)12/h6-7H,3-5H2,1-2H3,(H3,13,14,15,16,17).